The summed E-state index contributed by atoms with van der Waals surface area (Å²) >= 11 is 4.70. The maximum Gasteiger partial charge on any atom is 0.344 e. The zero-order valence-electron chi connectivity index (χ0n) is 20.0. The molecule has 3 aromatic rings. The number of hydrogen-bond acceptors (Lipinski definition) is 7. The third-order valence-corrected chi connectivity index (χ3v) is 6.81. The van der Waals surface area contributed by atoms with Gasteiger partial charge < -0.3 is 19.3 Å². The van der Waals surface area contributed by atoms with Crippen molar-refractivity contribution < 1.29 is 28.5 Å². The van der Waals surface area contributed by atoms with Crippen LogP contribution in [0.15, 0.2) is 92.4 Å². The van der Waals surface area contributed by atoms with Gasteiger partial charge in [0.2, 0.25) is 0 Å². The topological polar surface area (TPSA) is 77.4 Å². The Kier molecular flexibility index (Phi) is 8.68. The number of carbonyl (C=O) groups is 1. The maximum atomic E-state index is 13.2. The lowest BCUT2D eigenvalue weighted by Gasteiger charge is -2.14. The quantitative estimate of drug-likeness (QED) is 0.279. The molecule has 0 amide bonds. The number of methoxy groups -OCH3 is 1. The van der Waals surface area contributed by atoms with Crippen molar-refractivity contribution in [3.05, 3.63) is 104 Å². The maximum absolute atomic E-state index is 13.2. The molecule has 1 aliphatic rings. The fraction of sp³-hybridized carbons (Fsp3) is 0.143. The lowest BCUT2D eigenvalue weighted by Crippen LogP contribution is -2.12. The Balaban J connectivity index is 1.65. The summed E-state index contributed by atoms with van der Waals surface area (Å²) in [6.45, 7) is 2.09. The summed E-state index contributed by atoms with van der Waals surface area (Å²) < 4.78 is 30.4. The fourth-order valence-electron chi connectivity index (χ4n) is 3.46. The Morgan fingerprint density at radius 1 is 1.14 bits per heavy atom. The van der Waals surface area contributed by atoms with Gasteiger partial charge >= 0.3 is 5.97 Å². The molecule has 0 radical (unpaired) electrons. The van der Waals surface area contributed by atoms with E-state index in [0.29, 0.717) is 37.2 Å². The number of aliphatic hydroxyl groups excluding tert-OH is 1. The van der Waals surface area contributed by atoms with E-state index in [9.17, 15) is 14.3 Å². The van der Waals surface area contributed by atoms with Crippen LogP contribution in [-0.4, -0.2) is 29.8 Å². The van der Waals surface area contributed by atoms with Crippen LogP contribution in [0.4, 0.5) is 10.1 Å². The molecule has 0 bridgehead atoms. The summed E-state index contributed by atoms with van der Waals surface area (Å²) in [6.07, 6.45) is 1.73. The molecular weight excluding hydrogens is 561 g/mol. The van der Waals surface area contributed by atoms with E-state index in [4.69, 9.17) is 14.2 Å². The standard InChI is InChI=1S/C28H23BrFNO5S/c1-3-35-28(33)24-25(32)23(37-27(24)31-20-7-5-4-6-8-20)15-18-13-21(29)26(22(14-18)34-2)36-16-17-9-11-19(30)12-10-17/h4-15,32H,3,16H2,1-2H3/b23-15-,31-27?. The van der Waals surface area contributed by atoms with Gasteiger partial charge in [-0.25, -0.2) is 14.2 Å². The van der Waals surface area contributed by atoms with Gasteiger partial charge in [-0.2, -0.15) is 0 Å². The summed E-state index contributed by atoms with van der Waals surface area (Å²) in [5, 5.41) is 11.3. The number of carbonyl (C=O) groups excluding carboxylic acids is 1. The van der Waals surface area contributed by atoms with Crippen molar-refractivity contribution in [3.63, 3.8) is 0 Å². The van der Waals surface area contributed by atoms with Crippen LogP contribution in [0, 0.1) is 5.82 Å². The molecule has 0 saturated carbocycles. The van der Waals surface area contributed by atoms with Crippen LogP contribution in [0.5, 0.6) is 11.5 Å². The molecule has 37 heavy (non-hydrogen) atoms. The van der Waals surface area contributed by atoms with Crippen LogP contribution in [0.25, 0.3) is 6.08 Å². The van der Waals surface area contributed by atoms with Crippen LogP contribution >= 0.6 is 27.7 Å². The average Bonchev–Trinajstić information content (AvgIpc) is 3.19. The fourth-order valence-corrected chi connectivity index (χ4v) is 5.07. The van der Waals surface area contributed by atoms with E-state index >= 15 is 0 Å². The second-order valence-corrected chi connectivity index (χ2v) is 9.64. The van der Waals surface area contributed by atoms with E-state index in [1.54, 1.807) is 37.3 Å². The van der Waals surface area contributed by atoms with Crippen LogP contribution < -0.4 is 9.47 Å². The first-order valence-electron chi connectivity index (χ1n) is 11.3. The molecule has 0 spiro atoms. The highest BCUT2D eigenvalue weighted by atomic mass is 79.9. The first-order chi connectivity index (χ1) is 17.9. The zero-order valence-corrected chi connectivity index (χ0v) is 22.4. The minimum absolute atomic E-state index is 0.0206. The first-order valence-corrected chi connectivity index (χ1v) is 12.9. The molecule has 0 atom stereocenters. The smallest absolute Gasteiger partial charge is 0.344 e. The van der Waals surface area contributed by atoms with Crippen molar-refractivity contribution in [1.29, 1.82) is 0 Å². The molecule has 0 saturated heterocycles. The van der Waals surface area contributed by atoms with Gasteiger partial charge in [0.25, 0.3) is 0 Å². The number of benzene rings is 3. The molecule has 6 nitrogen and oxygen atoms in total. The zero-order chi connectivity index (χ0) is 26.4. The normalized spacial score (nSPS) is 15.4. The van der Waals surface area contributed by atoms with Crippen molar-refractivity contribution in [1.82, 2.24) is 0 Å². The summed E-state index contributed by atoms with van der Waals surface area (Å²) in [7, 11) is 1.52. The molecule has 1 N–H and O–H groups in total. The summed E-state index contributed by atoms with van der Waals surface area (Å²) in [6, 6.07) is 18.8. The van der Waals surface area contributed by atoms with Gasteiger partial charge in [-0.05, 0) is 76.5 Å². The molecule has 0 aliphatic carbocycles. The van der Waals surface area contributed by atoms with Gasteiger partial charge in [-0.15, -0.1) is 0 Å². The van der Waals surface area contributed by atoms with E-state index < -0.39 is 5.97 Å². The van der Waals surface area contributed by atoms with E-state index in [-0.39, 0.29) is 30.4 Å². The highest BCUT2D eigenvalue weighted by Crippen LogP contribution is 2.42. The summed E-state index contributed by atoms with van der Waals surface area (Å²) in [5.41, 5.74) is 2.16. The number of rotatable bonds is 8. The molecule has 1 aliphatic heterocycles. The van der Waals surface area contributed by atoms with Crippen molar-refractivity contribution in [3.8, 4) is 11.5 Å². The molecule has 190 valence electrons. The molecule has 1 heterocycles. The number of ether oxygens (including phenoxy) is 3. The highest BCUT2D eigenvalue weighted by Gasteiger charge is 2.33. The van der Waals surface area contributed by atoms with Crippen LogP contribution in [0.1, 0.15) is 18.1 Å². The van der Waals surface area contributed by atoms with E-state index in [1.807, 2.05) is 30.3 Å². The average molecular weight is 584 g/mol. The van der Waals surface area contributed by atoms with E-state index in [2.05, 4.69) is 20.9 Å². The SMILES string of the molecule is CCOC(=O)C1=C(O)/C(=C/c2cc(Br)c(OCc3ccc(F)cc3)c(OC)c2)SC1=Nc1ccccc1. The Morgan fingerprint density at radius 2 is 1.86 bits per heavy atom. The van der Waals surface area contributed by atoms with Crippen molar-refractivity contribution in [2.24, 2.45) is 4.99 Å². The van der Waals surface area contributed by atoms with Crippen molar-refractivity contribution >= 4 is 50.5 Å². The molecule has 0 fully saturated rings. The van der Waals surface area contributed by atoms with Gasteiger partial charge in [-0.3, -0.25) is 0 Å². The third-order valence-electron chi connectivity index (χ3n) is 5.20. The monoisotopic (exact) mass is 583 g/mol. The summed E-state index contributed by atoms with van der Waals surface area (Å²) in [4.78, 5) is 17.6. The third kappa shape index (κ3) is 6.42. The number of esters is 1. The molecule has 3 aromatic carbocycles. The van der Waals surface area contributed by atoms with E-state index in [1.165, 1.54) is 31.0 Å². The minimum atomic E-state index is -0.645. The number of para-hydroxylation sites is 1. The van der Waals surface area contributed by atoms with Gasteiger partial charge in [0, 0.05) is 0 Å². The Hall–Kier alpha value is -3.56. The second kappa shape index (κ2) is 12.1. The number of nitrogens with zero attached hydrogens (tertiary/aromatic N) is 1. The first kappa shape index (κ1) is 26.5. The molecule has 9 heteroatoms. The molecule has 0 unspecified atom stereocenters. The second-order valence-electron chi connectivity index (χ2n) is 7.76. The van der Waals surface area contributed by atoms with Gasteiger partial charge in [0.15, 0.2) is 11.5 Å². The Bertz CT molecular complexity index is 1390. The summed E-state index contributed by atoms with van der Waals surface area (Å²) in [5.74, 6) is -0.228. The van der Waals surface area contributed by atoms with Crippen molar-refractivity contribution in [2.75, 3.05) is 13.7 Å². The van der Waals surface area contributed by atoms with Gasteiger partial charge in [0.05, 0.1) is 28.8 Å². The predicted octanol–water partition coefficient (Wildman–Crippen LogP) is 7.37. The number of halogens is 2. The number of aliphatic imine (C=N–C) groups is 1. The lowest BCUT2D eigenvalue weighted by molar-refractivity contribution is -0.138. The van der Waals surface area contributed by atoms with Crippen LogP contribution in [0.3, 0.4) is 0 Å². The lowest BCUT2D eigenvalue weighted by atomic mass is 10.1. The van der Waals surface area contributed by atoms with Gasteiger partial charge in [0.1, 0.15) is 28.8 Å². The van der Waals surface area contributed by atoms with Crippen LogP contribution in [-0.2, 0) is 16.1 Å². The minimum Gasteiger partial charge on any atom is -0.506 e. The Labute approximate surface area is 226 Å². The van der Waals surface area contributed by atoms with Gasteiger partial charge in [-0.1, -0.05) is 42.1 Å². The highest BCUT2D eigenvalue weighted by molar-refractivity contribution is 9.10. The van der Waals surface area contributed by atoms with E-state index in [0.717, 1.165) is 5.56 Å². The molecular formula is C28H23BrFNO5S. The molecule has 0 aromatic heterocycles. The molecule has 4 rings (SSSR count). The number of hydrogen-bond donors (Lipinski definition) is 1. The van der Waals surface area contributed by atoms with Crippen LogP contribution in [0.2, 0.25) is 0 Å². The number of aliphatic hydroxyl groups is 1. The largest absolute Gasteiger partial charge is 0.506 e. The predicted molar refractivity (Wildman–Crippen MR) is 147 cm³/mol. The Morgan fingerprint density at radius 3 is 2.54 bits per heavy atom. The van der Waals surface area contributed by atoms with Crippen molar-refractivity contribution in [2.45, 2.75) is 13.5 Å². The number of thioether (sulfide) groups is 1.